The van der Waals surface area contributed by atoms with Gasteiger partial charge in [-0.15, -0.1) is 0 Å². The van der Waals surface area contributed by atoms with E-state index < -0.39 is 0 Å². The molecule has 1 unspecified atom stereocenters. The second kappa shape index (κ2) is 4.88. The SMILES string of the molecule is CCC(Br)c1ccc(OC)c2ccccc12. The number of methoxy groups -OCH3 is 1. The lowest BCUT2D eigenvalue weighted by Gasteiger charge is -2.13. The molecule has 0 aliphatic heterocycles. The molecule has 2 aromatic carbocycles. The van der Waals surface area contributed by atoms with E-state index in [4.69, 9.17) is 4.74 Å². The smallest absolute Gasteiger partial charge is 0.126 e. The van der Waals surface area contributed by atoms with E-state index in [1.165, 1.54) is 16.3 Å². The Morgan fingerprint density at radius 3 is 2.44 bits per heavy atom. The second-order valence-corrected chi connectivity index (χ2v) is 4.88. The standard InChI is InChI=1S/C14H15BrO/c1-3-13(15)11-8-9-14(16-2)12-7-5-4-6-10(11)12/h4-9,13H,3H2,1-2H3. The summed E-state index contributed by atoms with van der Waals surface area (Å²) in [5.41, 5.74) is 1.33. The highest BCUT2D eigenvalue weighted by atomic mass is 79.9. The maximum absolute atomic E-state index is 5.38. The summed E-state index contributed by atoms with van der Waals surface area (Å²) >= 11 is 3.71. The fourth-order valence-electron chi connectivity index (χ4n) is 1.97. The molecule has 2 rings (SSSR count). The highest BCUT2D eigenvalue weighted by Gasteiger charge is 2.11. The van der Waals surface area contributed by atoms with Gasteiger partial charge in [-0.2, -0.15) is 0 Å². The molecule has 0 fully saturated rings. The third kappa shape index (κ3) is 1.94. The van der Waals surface area contributed by atoms with E-state index in [2.05, 4.69) is 47.1 Å². The Labute approximate surface area is 105 Å². The minimum atomic E-state index is 0.406. The van der Waals surface area contributed by atoms with Crippen molar-refractivity contribution in [1.82, 2.24) is 0 Å². The van der Waals surface area contributed by atoms with Crippen LogP contribution in [-0.2, 0) is 0 Å². The molecule has 0 saturated carbocycles. The molecular formula is C14H15BrO. The van der Waals surface area contributed by atoms with Gasteiger partial charge in [-0.1, -0.05) is 53.2 Å². The van der Waals surface area contributed by atoms with Crippen LogP contribution in [0.1, 0.15) is 23.7 Å². The molecule has 0 N–H and O–H groups in total. The van der Waals surface area contributed by atoms with Crippen molar-refractivity contribution in [2.45, 2.75) is 18.2 Å². The van der Waals surface area contributed by atoms with Crippen molar-refractivity contribution >= 4 is 26.7 Å². The maximum atomic E-state index is 5.38. The van der Waals surface area contributed by atoms with Crippen LogP contribution in [-0.4, -0.2) is 7.11 Å². The van der Waals surface area contributed by atoms with Gasteiger partial charge in [0.25, 0.3) is 0 Å². The lowest BCUT2D eigenvalue weighted by atomic mass is 10.0. The topological polar surface area (TPSA) is 9.23 Å². The highest BCUT2D eigenvalue weighted by molar-refractivity contribution is 9.09. The number of hydrogen-bond acceptors (Lipinski definition) is 1. The first-order chi connectivity index (χ1) is 7.77. The van der Waals surface area contributed by atoms with Gasteiger partial charge in [0.2, 0.25) is 0 Å². The Bertz CT molecular complexity index is 493. The van der Waals surface area contributed by atoms with E-state index in [-0.39, 0.29) is 0 Å². The molecule has 0 saturated heterocycles. The van der Waals surface area contributed by atoms with Crippen LogP contribution in [0.2, 0.25) is 0 Å². The van der Waals surface area contributed by atoms with E-state index in [0.717, 1.165) is 12.2 Å². The first-order valence-electron chi connectivity index (χ1n) is 5.47. The van der Waals surface area contributed by atoms with Crippen molar-refractivity contribution in [3.8, 4) is 5.75 Å². The first kappa shape index (κ1) is 11.5. The Hall–Kier alpha value is -1.02. The molecule has 0 aliphatic rings. The zero-order valence-corrected chi connectivity index (χ0v) is 11.1. The van der Waals surface area contributed by atoms with E-state index >= 15 is 0 Å². The van der Waals surface area contributed by atoms with Gasteiger partial charge in [-0.25, -0.2) is 0 Å². The Morgan fingerprint density at radius 1 is 1.12 bits per heavy atom. The van der Waals surface area contributed by atoms with Crippen LogP contribution in [0.3, 0.4) is 0 Å². The van der Waals surface area contributed by atoms with Crippen LogP contribution < -0.4 is 4.74 Å². The van der Waals surface area contributed by atoms with E-state index in [9.17, 15) is 0 Å². The summed E-state index contributed by atoms with van der Waals surface area (Å²) in [6, 6.07) is 12.6. The third-order valence-corrected chi connectivity index (χ3v) is 3.97. The van der Waals surface area contributed by atoms with Crippen LogP contribution in [0.5, 0.6) is 5.75 Å². The number of benzene rings is 2. The number of fused-ring (bicyclic) bond motifs is 1. The van der Waals surface area contributed by atoms with E-state index in [0.29, 0.717) is 4.83 Å². The summed E-state index contributed by atoms with van der Waals surface area (Å²) in [7, 11) is 1.72. The van der Waals surface area contributed by atoms with Gasteiger partial charge in [-0.3, -0.25) is 0 Å². The predicted octanol–water partition coefficient (Wildman–Crippen LogP) is 4.69. The van der Waals surface area contributed by atoms with E-state index in [1.807, 2.05) is 12.1 Å². The molecule has 2 aromatic rings. The predicted molar refractivity (Wildman–Crippen MR) is 72.5 cm³/mol. The monoisotopic (exact) mass is 278 g/mol. The van der Waals surface area contributed by atoms with Crippen molar-refractivity contribution in [2.24, 2.45) is 0 Å². The fourth-order valence-corrected chi connectivity index (χ4v) is 2.37. The fraction of sp³-hybridized carbons (Fsp3) is 0.286. The Balaban J connectivity index is 2.69. The molecule has 0 bridgehead atoms. The molecule has 16 heavy (non-hydrogen) atoms. The van der Waals surface area contributed by atoms with Crippen LogP contribution in [0.15, 0.2) is 36.4 Å². The summed E-state index contributed by atoms with van der Waals surface area (Å²) in [6.45, 7) is 2.18. The molecule has 84 valence electrons. The summed E-state index contributed by atoms with van der Waals surface area (Å²) in [4.78, 5) is 0.406. The molecule has 2 heteroatoms. The normalized spacial score (nSPS) is 12.7. The number of hydrogen-bond donors (Lipinski definition) is 0. The molecule has 0 aromatic heterocycles. The molecule has 0 aliphatic carbocycles. The largest absolute Gasteiger partial charge is 0.496 e. The van der Waals surface area contributed by atoms with Crippen molar-refractivity contribution < 1.29 is 4.74 Å². The third-order valence-electron chi connectivity index (χ3n) is 2.83. The van der Waals surface area contributed by atoms with Gasteiger partial charge < -0.3 is 4.74 Å². The maximum Gasteiger partial charge on any atom is 0.126 e. The summed E-state index contributed by atoms with van der Waals surface area (Å²) < 4.78 is 5.38. The van der Waals surface area contributed by atoms with Crippen LogP contribution >= 0.6 is 15.9 Å². The molecule has 1 nitrogen and oxygen atoms in total. The van der Waals surface area contributed by atoms with Gasteiger partial charge in [0.05, 0.1) is 7.11 Å². The Kier molecular flexibility index (Phi) is 3.49. The lowest BCUT2D eigenvalue weighted by Crippen LogP contribution is -1.92. The molecule has 0 heterocycles. The van der Waals surface area contributed by atoms with Gasteiger partial charge in [-0.05, 0) is 23.4 Å². The lowest BCUT2D eigenvalue weighted by molar-refractivity contribution is 0.419. The van der Waals surface area contributed by atoms with Crippen LogP contribution in [0.25, 0.3) is 10.8 Å². The van der Waals surface area contributed by atoms with Gasteiger partial charge in [0.15, 0.2) is 0 Å². The zero-order chi connectivity index (χ0) is 11.5. The van der Waals surface area contributed by atoms with Gasteiger partial charge >= 0.3 is 0 Å². The Morgan fingerprint density at radius 2 is 1.81 bits per heavy atom. The average molecular weight is 279 g/mol. The number of rotatable bonds is 3. The summed E-state index contributed by atoms with van der Waals surface area (Å²) in [5, 5.41) is 2.45. The molecule has 0 radical (unpaired) electrons. The van der Waals surface area contributed by atoms with Gasteiger partial charge in [0.1, 0.15) is 5.75 Å². The van der Waals surface area contributed by atoms with Crippen LogP contribution in [0, 0.1) is 0 Å². The average Bonchev–Trinajstić information content (AvgIpc) is 2.36. The van der Waals surface area contributed by atoms with Gasteiger partial charge in [0, 0.05) is 10.2 Å². The molecule has 0 spiro atoms. The second-order valence-electron chi connectivity index (χ2n) is 3.78. The minimum Gasteiger partial charge on any atom is -0.496 e. The number of ether oxygens (including phenoxy) is 1. The highest BCUT2D eigenvalue weighted by Crippen LogP contribution is 2.36. The zero-order valence-electron chi connectivity index (χ0n) is 9.53. The van der Waals surface area contributed by atoms with Crippen LogP contribution in [0.4, 0.5) is 0 Å². The quantitative estimate of drug-likeness (QED) is 0.740. The van der Waals surface area contributed by atoms with Crippen molar-refractivity contribution in [1.29, 1.82) is 0 Å². The molecular weight excluding hydrogens is 264 g/mol. The number of alkyl halides is 1. The van der Waals surface area contributed by atoms with Crippen molar-refractivity contribution in [2.75, 3.05) is 7.11 Å². The summed E-state index contributed by atoms with van der Waals surface area (Å²) in [5.74, 6) is 0.940. The molecule has 1 atom stereocenters. The van der Waals surface area contributed by atoms with Crippen molar-refractivity contribution in [3.63, 3.8) is 0 Å². The first-order valence-corrected chi connectivity index (χ1v) is 6.39. The molecule has 0 amide bonds. The summed E-state index contributed by atoms with van der Waals surface area (Å²) in [6.07, 6.45) is 1.08. The van der Waals surface area contributed by atoms with E-state index in [1.54, 1.807) is 7.11 Å². The van der Waals surface area contributed by atoms with Crippen molar-refractivity contribution in [3.05, 3.63) is 42.0 Å². The minimum absolute atomic E-state index is 0.406. The number of halogens is 1.